The third-order valence-corrected chi connectivity index (χ3v) is 4.91. The number of rotatable bonds is 8. The highest BCUT2D eigenvalue weighted by atomic mass is 35.5. The van der Waals surface area contributed by atoms with Crippen LogP contribution in [0.25, 0.3) is 0 Å². The van der Waals surface area contributed by atoms with E-state index in [1.165, 1.54) is 12.1 Å². The Hall–Kier alpha value is -1.31. The molecule has 0 fully saturated rings. The SMILES string of the molecule is Cl.NCCCCNS(=O)(=O)c1ccc(Oc2ccccc2Cl)cc1. The van der Waals surface area contributed by atoms with E-state index in [-0.39, 0.29) is 17.3 Å². The van der Waals surface area contributed by atoms with Crippen molar-refractivity contribution in [3.8, 4) is 11.5 Å². The Labute approximate surface area is 153 Å². The topological polar surface area (TPSA) is 81.4 Å². The van der Waals surface area contributed by atoms with Gasteiger partial charge < -0.3 is 10.5 Å². The van der Waals surface area contributed by atoms with Gasteiger partial charge in [0.2, 0.25) is 10.0 Å². The molecular formula is C16H20Cl2N2O3S. The van der Waals surface area contributed by atoms with E-state index in [4.69, 9.17) is 22.1 Å². The van der Waals surface area contributed by atoms with Gasteiger partial charge in [0.15, 0.2) is 0 Å². The van der Waals surface area contributed by atoms with E-state index in [9.17, 15) is 8.42 Å². The molecule has 0 unspecified atom stereocenters. The van der Waals surface area contributed by atoms with Crippen molar-refractivity contribution in [3.05, 3.63) is 53.6 Å². The summed E-state index contributed by atoms with van der Waals surface area (Å²) in [6, 6.07) is 13.3. The summed E-state index contributed by atoms with van der Waals surface area (Å²) in [5, 5.41) is 0.491. The summed E-state index contributed by atoms with van der Waals surface area (Å²) in [6.45, 7) is 0.924. The molecule has 3 N–H and O–H groups in total. The number of halogens is 2. The molecular weight excluding hydrogens is 371 g/mol. The number of para-hydroxylation sites is 1. The van der Waals surface area contributed by atoms with Gasteiger partial charge in [-0.25, -0.2) is 13.1 Å². The standard InChI is InChI=1S/C16H19ClN2O3S.ClH/c17-15-5-1-2-6-16(15)22-13-7-9-14(10-8-13)23(20,21)19-12-4-3-11-18;/h1-2,5-10,19H,3-4,11-12,18H2;1H. The monoisotopic (exact) mass is 390 g/mol. The largest absolute Gasteiger partial charge is 0.456 e. The van der Waals surface area contributed by atoms with Gasteiger partial charge in [-0.1, -0.05) is 23.7 Å². The Morgan fingerprint density at radius 3 is 2.33 bits per heavy atom. The maximum absolute atomic E-state index is 12.1. The average Bonchev–Trinajstić information content (AvgIpc) is 2.54. The Morgan fingerprint density at radius 1 is 1.04 bits per heavy atom. The minimum atomic E-state index is -3.51. The van der Waals surface area contributed by atoms with Crippen LogP contribution in [0.4, 0.5) is 0 Å². The van der Waals surface area contributed by atoms with Gasteiger partial charge in [0.1, 0.15) is 11.5 Å². The predicted octanol–water partition coefficient (Wildman–Crippen LogP) is 3.57. The van der Waals surface area contributed by atoms with Crippen molar-refractivity contribution in [3.63, 3.8) is 0 Å². The molecule has 0 amide bonds. The quantitative estimate of drug-likeness (QED) is 0.674. The van der Waals surface area contributed by atoms with Crippen LogP contribution >= 0.6 is 24.0 Å². The molecule has 0 saturated heterocycles. The summed E-state index contributed by atoms with van der Waals surface area (Å²) in [5.74, 6) is 1.03. The van der Waals surface area contributed by atoms with Gasteiger partial charge in [-0.3, -0.25) is 0 Å². The van der Waals surface area contributed by atoms with Crippen LogP contribution in [-0.2, 0) is 10.0 Å². The van der Waals surface area contributed by atoms with Crippen molar-refractivity contribution in [1.82, 2.24) is 4.72 Å². The van der Waals surface area contributed by atoms with E-state index in [1.54, 1.807) is 30.3 Å². The lowest BCUT2D eigenvalue weighted by atomic mass is 10.3. The minimum absolute atomic E-state index is 0. The molecule has 2 aromatic carbocycles. The number of hydrogen-bond acceptors (Lipinski definition) is 4. The normalized spacial score (nSPS) is 10.9. The van der Waals surface area contributed by atoms with Crippen molar-refractivity contribution < 1.29 is 13.2 Å². The van der Waals surface area contributed by atoms with E-state index in [2.05, 4.69) is 4.72 Å². The van der Waals surface area contributed by atoms with Crippen LogP contribution in [0, 0.1) is 0 Å². The van der Waals surface area contributed by atoms with Gasteiger partial charge in [-0.15, -0.1) is 12.4 Å². The predicted molar refractivity (Wildman–Crippen MR) is 98.7 cm³/mol. The maximum Gasteiger partial charge on any atom is 0.240 e. The summed E-state index contributed by atoms with van der Waals surface area (Å²) in [5.41, 5.74) is 5.38. The van der Waals surface area contributed by atoms with Crippen molar-refractivity contribution in [2.24, 2.45) is 5.73 Å². The molecule has 0 spiro atoms. The molecule has 5 nitrogen and oxygen atoms in total. The lowest BCUT2D eigenvalue weighted by molar-refractivity contribution is 0.482. The maximum atomic E-state index is 12.1. The van der Waals surface area contributed by atoms with E-state index in [1.807, 2.05) is 6.07 Å². The Kier molecular flexibility index (Phi) is 8.52. The third-order valence-electron chi connectivity index (χ3n) is 3.12. The van der Waals surface area contributed by atoms with Crippen LogP contribution in [-0.4, -0.2) is 21.5 Å². The van der Waals surface area contributed by atoms with Crippen LogP contribution in [0.1, 0.15) is 12.8 Å². The van der Waals surface area contributed by atoms with Gasteiger partial charge in [0.25, 0.3) is 0 Å². The minimum Gasteiger partial charge on any atom is -0.456 e. The second-order valence-corrected chi connectivity index (χ2v) is 7.07. The fourth-order valence-electron chi connectivity index (χ4n) is 1.90. The molecule has 24 heavy (non-hydrogen) atoms. The molecule has 0 atom stereocenters. The van der Waals surface area contributed by atoms with Crippen LogP contribution in [0.3, 0.4) is 0 Å². The first-order valence-corrected chi connectivity index (χ1v) is 9.11. The Morgan fingerprint density at radius 2 is 1.71 bits per heavy atom. The molecule has 8 heteroatoms. The zero-order valence-electron chi connectivity index (χ0n) is 12.9. The number of benzene rings is 2. The van der Waals surface area contributed by atoms with Gasteiger partial charge in [-0.2, -0.15) is 0 Å². The van der Waals surface area contributed by atoms with E-state index in [0.29, 0.717) is 36.0 Å². The highest BCUT2D eigenvalue weighted by Gasteiger charge is 2.13. The molecule has 0 aliphatic carbocycles. The summed E-state index contributed by atoms with van der Waals surface area (Å²) in [6.07, 6.45) is 1.50. The number of nitrogens with one attached hydrogen (secondary N) is 1. The molecule has 0 aliphatic heterocycles. The van der Waals surface area contributed by atoms with Gasteiger partial charge >= 0.3 is 0 Å². The molecule has 0 bridgehead atoms. The molecule has 0 aliphatic rings. The van der Waals surface area contributed by atoms with Crippen LogP contribution in [0.15, 0.2) is 53.4 Å². The van der Waals surface area contributed by atoms with E-state index in [0.717, 1.165) is 6.42 Å². The zero-order valence-corrected chi connectivity index (χ0v) is 15.3. The van der Waals surface area contributed by atoms with Crippen molar-refractivity contribution in [2.45, 2.75) is 17.7 Å². The van der Waals surface area contributed by atoms with Gasteiger partial charge in [0.05, 0.1) is 9.92 Å². The van der Waals surface area contributed by atoms with Crippen molar-refractivity contribution in [1.29, 1.82) is 0 Å². The molecule has 0 aromatic heterocycles. The molecule has 2 rings (SSSR count). The summed E-state index contributed by atoms with van der Waals surface area (Å²) < 4.78 is 32.4. The highest BCUT2D eigenvalue weighted by Crippen LogP contribution is 2.29. The van der Waals surface area contributed by atoms with Crippen LogP contribution in [0.2, 0.25) is 5.02 Å². The lowest BCUT2D eigenvalue weighted by Crippen LogP contribution is -2.25. The average molecular weight is 391 g/mol. The molecule has 2 aromatic rings. The van der Waals surface area contributed by atoms with Crippen molar-refractivity contribution in [2.75, 3.05) is 13.1 Å². The molecule has 0 saturated carbocycles. The smallest absolute Gasteiger partial charge is 0.240 e. The van der Waals surface area contributed by atoms with E-state index >= 15 is 0 Å². The lowest BCUT2D eigenvalue weighted by Gasteiger charge is -2.09. The number of sulfonamides is 1. The third kappa shape index (κ3) is 5.96. The number of hydrogen-bond donors (Lipinski definition) is 2. The number of nitrogens with two attached hydrogens (primary N) is 1. The zero-order chi connectivity index (χ0) is 16.7. The van der Waals surface area contributed by atoms with Gasteiger partial charge in [-0.05, 0) is 55.8 Å². The summed E-state index contributed by atoms with van der Waals surface area (Å²) in [4.78, 5) is 0.191. The van der Waals surface area contributed by atoms with Crippen LogP contribution < -0.4 is 15.2 Å². The number of unbranched alkanes of at least 4 members (excludes halogenated alkanes) is 1. The second kappa shape index (κ2) is 9.86. The molecule has 0 heterocycles. The highest BCUT2D eigenvalue weighted by molar-refractivity contribution is 7.89. The first-order valence-electron chi connectivity index (χ1n) is 7.25. The summed E-state index contributed by atoms with van der Waals surface area (Å²) >= 11 is 6.02. The first kappa shape index (κ1) is 20.7. The van der Waals surface area contributed by atoms with Crippen molar-refractivity contribution >= 4 is 34.0 Å². The summed E-state index contributed by atoms with van der Waals surface area (Å²) in [7, 11) is -3.51. The Bertz CT molecular complexity index is 737. The van der Waals surface area contributed by atoms with E-state index < -0.39 is 10.0 Å². The Balaban J connectivity index is 0.00000288. The van der Waals surface area contributed by atoms with Crippen LogP contribution in [0.5, 0.6) is 11.5 Å². The fraction of sp³-hybridized carbons (Fsp3) is 0.250. The second-order valence-electron chi connectivity index (χ2n) is 4.90. The fourth-order valence-corrected chi connectivity index (χ4v) is 3.15. The first-order chi connectivity index (χ1) is 11.0. The number of ether oxygens (including phenoxy) is 1. The molecule has 132 valence electrons. The van der Waals surface area contributed by atoms with Gasteiger partial charge in [0, 0.05) is 6.54 Å². The molecule has 0 radical (unpaired) electrons.